The SMILES string of the molecule is CC(=O)O.CC(=O)O.CC(=O)O.CC(=O)O.CC(=O)O.CC(=O)O.CC(=O)O.CC(=O)O.CC(=O)O.CC(=O)O.CC(=O)O.CC(=O)O.CC(=O)O.CC(=O)O.O=C(O)CCO. The quantitative estimate of drug-likeness (QED) is 0.181. The molecule has 0 unspecified atom stereocenters. The number of aliphatic carboxylic acids is 15. The van der Waals surface area contributed by atoms with E-state index in [1.807, 2.05) is 0 Å². The first-order chi connectivity index (χ1) is 27.0. The Bertz CT molecular complexity index is 827. The maximum Gasteiger partial charge on any atom is 0.305 e. The molecule has 0 aliphatic rings. The van der Waals surface area contributed by atoms with Gasteiger partial charge >= 0.3 is 5.97 Å². The molecule has 0 saturated heterocycles. The van der Waals surface area contributed by atoms with E-state index < -0.39 is 89.5 Å². The van der Waals surface area contributed by atoms with Crippen LogP contribution < -0.4 is 0 Å². The zero-order chi connectivity index (χ0) is 55.1. The number of aliphatic hydroxyl groups excluding tert-OH is 1. The molecule has 372 valence electrons. The average molecular weight is 931 g/mol. The highest BCUT2D eigenvalue weighted by molar-refractivity contribution is 5.67. The van der Waals surface area contributed by atoms with Crippen LogP contribution in [0.2, 0.25) is 0 Å². The van der Waals surface area contributed by atoms with Gasteiger partial charge in [0, 0.05) is 96.9 Å². The van der Waals surface area contributed by atoms with Crippen LogP contribution in [0, 0.1) is 0 Å². The molecule has 0 saturated carbocycles. The summed E-state index contributed by atoms with van der Waals surface area (Å²) in [5.74, 6) is -12.6. The summed E-state index contributed by atoms with van der Waals surface area (Å²) in [5.41, 5.74) is 0. The Kier molecular flexibility index (Phi) is 152. The number of rotatable bonds is 2. The fraction of sp³-hybridized carbons (Fsp3) is 0.516. The Hall–Kier alpha value is -7.99. The van der Waals surface area contributed by atoms with Gasteiger partial charge in [-0.2, -0.15) is 0 Å². The number of aliphatic hydroxyl groups is 1. The number of carboxylic acids is 15. The molecule has 0 aliphatic carbocycles. The third-order valence-corrected chi connectivity index (χ3v) is 0.326. The van der Waals surface area contributed by atoms with E-state index in [1.54, 1.807) is 0 Å². The topological polar surface area (TPSA) is 580 Å². The van der Waals surface area contributed by atoms with E-state index in [9.17, 15) is 4.79 Å². The van der Waals surface area contributed by atoms with Crippen molar-refractivity contribution in [2.45, 2.75) is 103 Å². The standard InChI is InChI=1S/C3H6O3.14C2H4O2/c4-2-1-3(5)6;14*1-2(3)4/h4H,1-2H2,(H,5,6);14*1H3,(H,3,4). The lowest BCUT2D eigenvalue weighted by Crippen LogP contribution is -1.96. The average Bonchev–Trinajstić information content (AvgIpc) is 2.84. The molecule has 0 rings (SSSR count). The molecule has 0 aliphatic heterocycles. The van der Waals surface area contributed by atoms with Crippen LogP contribution >= 0.6 is 0 Å². The number of hydrogen-bond acceptors (Lipinski definition) is 16. The minimum absolute atomic E-state index is 0.153. The van der Waals surface area contributed by atoms with Crippen molar-refractivity contribution in [3.05, 3.63) is 0 Å². The molecule has 0 heterocycles. The van der Waals surface area contributed by atoms with Crippen LogP contribution in [0.25, 0.3) is 0 Å². The van der Waals surface area contributed by atoms with Gasteiger partial charge in [0.1, 0.15) is 0 Å². The van der Waals surface area contributed by atoms with E-state index in [-0.39, 0.29) is 13.0 Å². The third-order valence-electron chi connectivity index (χ3n) is 0.326. The highest BCUT2D eigenvalue weighted by Gasteiger charge is 1.88. The van der Waals surface area contributed by atoms with Crippen LogP contribution in [0.1, 0.15) is 103 Å². The summed E-state index contributed by atoms with van der Waals surface area (Å²) in [5, 5.41) is 119. The van der Waals surface area contributed by atoms with Crippen molar-refractivity contribution in [2.75, 3.05) is 6.61 Å². The minimum Gasteiger partial charge on any atom is -0.481 e. The summed E-state index contributed by atoms with van der Waals surface area (Å²) >= 11 is 0. The molecule has 0 bridgehead atoms. The highest BCUT2D eigenvalue weighted by atomic mass is 16.4. The Morgan fingerprint density at radius 3 is 0.258 bits per heavy atom. The molecule has 0 radical (unpaired) electrons. The van der Waals surface area contributed by atoms with E-state index in [2.05, 4.69) is 0 Å². The summed E-state index contributed by atoms with van der Waals surface area (Å²) in [6, 6.07) is 0. The van der Waals surface area contributed by atoms with Crippen LogP contribution in [0.5, 0.6) is 0 Å². The first kappa shape index (κ1) is 99.7. The van der Waals surface area contributed by atoms with Crippen molar-refractivity contribution < 1.29 is 154 Å². The Morgan fingerprint density at radius 2 is 0.258 bits per heavy atom. The highest BCUT2D eigenvalue weighted by Crippen LogP contribution is 1.70. The Balaban J connectivity index is -0.0000000294. The lowest BCUT2D eigenvalue weighted by atomic mass is 10.5. The van der Waals surface area contributed by atoms with E-state index in [1.165, 1.54) is 0 Å². The van der Waals surface area contributed by atoms with Crippen molar-refractivity contribution in [3.63, 3.8) is 0 Å². The summed E-state index contributed by atoms with van der Waals surface area (Å²) < 4.78 is 0. The van der Waals surface area contributed by atoms with Gasteiger partial charge in [0.05, 0.1) is 13.0 Å². The van der Waals surface area contributed by atoms with Crippen molar-refractivity contribution in [1.82, 2.24) is 0 Å². The van der Waals surface area contributed by atoms with Gasteiger partial charge in [0.15, 0.2) is 0 Å². The van der Waals surface area contributed by atoms with Gasteiger partial charge in [0.2, 0.25) is 0 Å². The van der Waals surface area contributed by atoms with Gasteiger partial charge in [-0.25, -0.2) is 0 Å². The van der Waals surface area contributed by atoms with Gasteiger partial charge in [-0.3, -0.25) is 71.9 Å². The van der Waals surface area contributed by atoms with Crippen molar-refractivity contribution >= 4 is 89.5 Å². The molecular formula is C31H62O31. The van der Waals surface area contributed by atoms with Gasteiger partial charge in [-0.1, -0.05) is 0 Å². The lowest BCUT2D eigenvalue weighted by molar-refractivity contribution is -0.138. The van der Waals surface area contributed by atoms with Crippen LogP contribution in [0.4, 0.5) is 0 Å². The summed E-state index contributed by atoms with van der Waals surface area (Å²) in [4.78, 5) is 135. The van der Waals surface area contributed by atoms with E-state index in [4.69, 9.17) is 149 Å². The second kappa shape index (κ2) is 94.2. The molecule has 0 aromatic rings. The fourth-order valence-corrected chi connectivity index (χ4v) is 0.0956. The molecule has 16 N–H and O–H groups in total. The minimum atomic E-state index is -0.961. The molecule has 0 aromatic heterocycles. The fourth-order valence-electron chi connectivity index (χ4n) is 0.0956. The third kappa shape index (κ3) is 5430. The van der Waals surface area contributed by atoms with E-state index >= 15 is 0 Å². The maximum atomic E-state index is 9.44. The second-order valence-corrected chi connectivity index (χ2v) is 8.13. The predicted molar refractivity (Wildman–Crippen MR) is 206 cm³/mol. The molecule has 0 spiro atoms. The largest absolute Gasteiger partial charge is 0.481 e. The van der Waals surface area contributed by atoms with E-state index in [0.29, 0.717) is 0 Å². The normalized spacial score (nSPS) is 6.44. The first-order valence-corrected chi connectivity index (χ1v) is 14.6. The van der Waals surface area contributed by atoms with Crippen molar-refractivity contribution in [2.24, 2.45) is 0 Å². The zero-order valence-electron chi connectivity index (χ0n) is 36.2. The Morgan fingerprint density at radius 1 is 0.210 bits per heavy atom. The predicted octanol–water partition coefficient (Wildman–Crippen LogP) is 0.726. The van der Waals surface area contributed by atoms with Crippen LogP contribution in [0.15, 0.2) is 0 Å². The summed E-state index contributed by atoms with van der Waals surface area (Å²) in [7, 11) is 0. The molecule has 0 atom stereocenters. The van der Waals surface area contributed by atoms with Gasteiger partial charge in [-0.05, 0) is 0 Å². The van der Waals surface area contributed by atoms with Crippen LogP contribution in [0.3, 0.4) is 0 Å². The summed E-state index contributed by atoms with van der Waals surface area (Å²) in [6.07, 6.45) is -0.153. The smallest absolute Gasteiger partial charge is 0.305 e. The number of hydrogen-bond donors (Lipinski definition) is 16. The zero-order valence-corrected chi connectivity index (χ0v) is 36.2. The van der Waals surface area contributed by atoms with Gasteiger partial charge < -0.3 is 81.7 Å². The van der Waals surface area contributed by atoms with Crippen molar-refractivity contribution in [1.29, 1.82) is 0 Å². The van der Waals surface area contributed by atoms with Crippen LogP contribution in [-0.4, -0.2) is 178 Å². The molecule has 31 nitrogen and oxygen atoms in total. The second-order valence-electron chi connectivity index (χ2n) is 8.13. The molecule has 0 fully saturated rings. The Labute approximate surface area is 353 Å². The summed E-state index contributed by atoms with van der Waals surface area (Å²) in [6.45, 7) is 14.9. The van der Waals surface area contributed by atoms with Gasteiger partial charge in [-0.15, -0.1) is 0 Å². The monoisotopic (exact) mass is 930 g/mol. The number of carbonyl (C=O) groups is 15. The van der Waals surface area contributed by atoms with Crippen LogP contribution in [-0.2, 0) is 71.9 Å². The number of carboxylic acid groups (broad SMARTS) is 15. The molecular weight excluding hydrogens is 868 g/mol. The first-order valence-electron chi connectivity index (χ1n) is 14.6. The maximum absolute atomic E-state index is 9.44. The van der Waals surface area contributed by atoms with E-state index in [0.717, 1.165) is 96.9 Å². The molecule has 62 heavy (non-hydrogen) atoms. The lowest BCUT2D eigenvalue weighted by Gasteiger charge is -1.79. The molecule has 31 heteroatoms. The van der Waals surface area contributed by atoms with Crippen molar-refractivity contribution in [3.8, 4) is 0 Å². The molecule has 0 aromatic carbocycles. The molecule has 0 amide bonds. The van der Waals surface area contributed by atoms with Gasteiger partial charge in [0.25, 0.3) is 83.6 Å².